The molecular weight excluding hydrogens is 332 g/mol. The van der Waals surface area contributed by atoms with Crippen LogP contribution in [-0.2, 0) is 15.4 Å². The second-order valence-electron chi connectivity index (χ2n) is 7.54. The number of hydrogen-bond acceptors (Lipinski definition) is 3. The highest BCUT2D eigenvalue weighted by molar-refractivity contribution is 7.89. The molecule has 0 aromatic heterocycles. The summed E-state index contributed by atoms with van der Waals surface area (Å²) in [6.45, 7) is 10.4. The molecule has 1 unspecified atom stereocenters. The van der Waals surface area contributed by atoms with Crippen molar-refractivity contribution < 1.29 is 8.42 Å². The van der Waals surface area contributed by atoms with Crippen molar-refractivity contribution in [2.45, 2.75) is 63.8 Å². The minimum Gasteiger partial charge on any atom is -0.326 e. The number of rotatable bonds is 5. The zero-order valence-electron chi connectivity index (χ0n) is 14.6. The fourth-order valence-electron chi connectivity index (χ4n) is 2.78. The minimum absolute atomic E-state index is 0. The van der Waals surface area contributed by atoms with Gasteiger partial charge in [0.15, 0.2) is 0 Å². The maximum Gasteiger partial charge on any atom is 0.241 e. The number of sulfonamides is 1. The van der Waals surface area contributed by atoms with E-state index in [-0.39, 0.29) is 23.9 Å². The van der Waals surface area contributed by atoms with Crippen LogP contribution in [0, 0.1) is 19.8 Å². The van der Waals surface area contributed by atoms with Gasteiger partial charge in [0.25, 0.3) is 0 Å². The Bertz CT molecular complexity index is 639. The van der Waals surface area contributed by atoms with Gasteiger partial charge in [0, 0.05) is 12.6 Å². The van der Waals surface area contributed by atoms with Gasteiger partial charge >= 0.3 is 0 Å². The Hall–Kier alpha value is -0.620. The van der Waals surface area contributed by atoms with Crippen LogP contribution in [-0.4, -0.2) is 21.0 Å². The van der Waals surface area contributed by atoms with Crippen molar-refractivity contribution in [3.05, 3.63) is 28.8 Å². The predicted molar refractivity (Wildman–Crippen MR) is 97.8 cm³/mol. The lowest BCUT2D eigenvalue weighted by molar-refractivity contribution is 0.546. The molecule has 0 saturated heterocycles. The van der Waals surface area contributed by atoms with Crippen molar-refractivity contribution in [2.24, 2.45) is 11.7 Å². The first kappa shape index (κ1) is 20.4. The molecule has 1 fully saturated rings. The van der Waals surface area contributed by atoms with E-state index in [1.807, 2.05) is 26.0 Å². The molecule has 1 aromatic carbocycles. The summed E-state index contributed by atoms with van der Waals surface area (Å²) >= 11 is 0. The average molecular weight is 361 g/mol. The molecule has 1 aliphatic rings. The second kappa shape index (κ2) is 7.09. The SMILES string of the molecule is Cc1cc(C(C)(C)C)cc(C)c1S(=O)(=O)NCC(N)C1CC1.Cl. The first-order chi connectivity index (χ1) is 10.0. The fraction of sp³-hybridized carbons (Fsp3) is 0.647. The maximum atomic E-state index is 12.6. The number of hydrogen-bond donors (Lipinski definition) is 2. The Labute approximate surface area is 146 Å². The molecule has 4 nitrogen and oxygen atoms in total. The van der Waals surface area contributed by atoms with Gasteiger partial charge in [-0.1, -0.05) is 32.9 Å². The molecule has 0 radical (unpaired) electrons. The van der Waals surface area contributed by atoms with Crippen LogP contribution in [0.2, 0.25) is 0 Å². The highest BCUT2D eigenvalue weighted by atomic mass is 35.5. The van der Waals surface area contributed by atoms with Gasteiger partial charge in [0.05, 0.1) is 4.90 Å². The lowest BCUT2D eigenvalue weighted by atomic mass is 9.85. The van der Waals surface area contributed by atoms with Gasteiger partial charge in [0.2, 0.25) is 10.0 Å². The van der Waals surface area contributed by atoms with Gasteiger partial charge in [-0.05, 0) is 54.7 Å². The summed E-state index contributed by atoms with van der Waals surface area (Å²) in [5, 5.41) is 0. The van der Waals surface area contributed by atoms with E-state index >= 15 is 0 Å². The molecule has 23 heavy (non-hydrogen) atoms. The maximum absolute atomic E-state index is 12.6. The number of nitrogens with one attached hydrogen (secondary N) is 1. The highest BCUT2D eigenvalue weighted by Crippen LogP contribution is 2.32. The fourth-order valence-corrected chi connectivity index (χ4v) is 4.30. The third kappa shape index (κ3) is 4.92. The first-order valence-corrected chi connectivity index (χ1v) is 9.37. The van der Waals surface area contributed by atoms with E-state index in [1.54, 1.807) is 0 Å². The van der Waals surface area contributed by atoms with Gasteiger partial charge in [-0.3, -0.25) is 0 Å². The molecule has 1 atom stereocenters. The monoisotopic (exact) mass is 360 g/mol. The normalized spacial score (nSPS) is 16.8. The van der Waals surface area contributed by atoms with Gasteiger partial charge < -0.3 is 5.73 Å². The molecule has 132 valence electrons. The van der Waals surface area contributed by atoms with Crippen LogP contribution in [0.4, 0.5) is 0 Å². The van der Waals surface area contributed by atoms with Gasteiger partial charge in [0.1, 0.15) is 0 Å². The molecule has 1 aromatic rings. The summed E-state index contributed by atoms with van der Waals surface area (Å²) in [6, 6.07) is 3.87. The van der Waals surface area contributed by atoms with E-state index in [1.165, 1.54) is 0 Å². The minimum atomic E-state index is -3.51. The Kier molecular flexibility index (Phi) is 6.30. The van der Waals surface area contributed by atoms with E-state index in [0.29, 0.717) is 17.4 Å². The Morgan fingerprint density at radius 3 is 2.09 bits per heavy atom. The van der Waals surface area contributed by atoms with Crippen LogP contribution in [0.5, 0.6) is 0 Å². The van der Waals surface area contributed by atoms with Crippen molar-refractivity contribution >= 4 is 22.4 Å². The predicted octanol–water partition coefficient (Wildman–Crippen LogP) is 3.04. The van der Waals surface area contributed by atoms with Crippen molar-refractivity contribution in [1.82, 2.24) is 4.72 Å². The van der Waals surface area contributed by atoms with Crippen LogP contribution in [0.3, 0.4) is 0 Å². The largest absolute Gasteiger partial charge is 0.326 e. The van der Waals surface area contributed by atoms with Gasteiger partial charge in [-0.2, -0.15) is 0 Å². The number of benzene rings is 1. The molecule has 1 aliphatic carbocycles. The van der Waals surface area contributed by atoms with Crippen molar-refractivity contribution in [2.75, 3.05) is 6.54 Å². The summed E-state index contributed by atoms with van der Waals surface area (Å²) in [7, 11) is -3.51. The van der Waals surface area contributed by atoms with E-state index in [4.69, 9.17) is 5.73 Å². The van der Waals surface area contributed by atoms with Crippen molar-refractivity contribution in [3.8, 4) is 0 Å². The molecular formula is C17H29ClN2O2S. The topological polar surface area (TPSA) is 72.2 Å². The standard InChI is InChI=1S/C17H28N2O2S.ClH/c1-11-8-14(17(3,4)5)9-12(2)16(11)22(20,21)19-10-15(18)13-6-7-13;/h8-9,13,15,19H,6-7,10,18H2,1-5H3;1H. The smallest absolute Gasteiger partial charge is 0.241 e. The van der Waals surface area contributed by atoms with Crippen LogP contribution in [0.15, 0.2) is 17.0 Å². The second-order valence-corrected chi connectivity index (χ2v) is 9.25. The molecule has 1 saturated carbocycles. The summed E-state index contributed by atoms with van der Waals surface area (Å²) in [4.78, 5) is 0.392. The van der Waals surface area contributed by atoms with E-state index in [2.05, 4.69) is 25.5 Å². The van der Waals surface area contributed by atoms with Crippen molar-refractivity contribution in [1.29, 1.82) is 0 Å². The molecule has 0 amide bonds. The van der Waals surface area contributed by atoms with E-state index < -0.39 is 10.0 Å². The molecule has 0 bridgehead atoms. The lowest BCUT2D eigenvalue weighted by Gasteiger charge is -2.22. The summed E-state index contributed by atoms with van der Waals surface area (Å²) < 4.78 is 27.9. The Morgan fingerprint density at radius 1 is 1.22 bits per heavy atom. The van der Waals surface area contributed by atoms with E-state index in [0.717, 1.165) is 29.5 Å². The summed E-state index contributed by atoms with van der Waals surface area (Å²) in [5.74, 6) is 0.480. The van der Waals surface area contributed by atoms with Gasteiger partial charge in [-0.15, -0.1) is 12.4 Å². The quantitative estimate of drug-likeness (QED) is 0.847. The van der Waals surface area contributed by atoms with Gasteiger partial charge in [-0.25, -0.2) is 13.1 Å². The molecule has 0 spiro atoms. The summed E-state index contributed by atoms with van der Waals surface area (Å²) in [6.07, 6.45) is 2.22. The zero-order valence-corrected chi connectivity index (χ0v) is 16.3. The summed E-state index contributed by atoms with van der Waals surface area (Å²) in [5.41, 5.74) is 8.72. The molecule has 3 N–H and O–H groups in total. The molecule has 2 rings (SSSR count). The Morgan fingerprint density at radius 2 is 1.70 bits per heavy atom. The first-order valence-electron chi connectivity index (χ1n) is 7.89. The molecule has 0 aliphatic heterocycles. The highest BCUT2D eigenvalue weighted by Gasteiger charge is 2.30. The third-order valence-electron chi connectivity index (χ3n) is 4.33. The lowest BCUT2D eigenvalue weighted by Crippen LogP contribution is -2.39. The third-order valence-corrected chi connectivity index (χ3v) is 6.06. The number of halogens is 1. The Balaban J connectivity index is 0.00000264. The average Bonchev–Trinajstić information content (AvgIpc) is 3.17. The zero-order chi connectivity index (χ0) is 16.7. The molecule has 0 heterocycles. The number of aryl methyl sites for hydroxylation is 2. The number of nitrogens with two attached hydrogens (primary N) is 1. The molecule has 6 heteroatoms. The van der Waals surface area contributed by atoms with E-state index in [9.17, 15) is 8.42 Å². The van der Waals surface area contributed by atoms with Crippen LogP contribution < -0.4 is 10.5 Å². The van der Waals surface area contributed by atoms with Crippen LogP contribution in [0.1, 0.15) is 50.3 Å². The van der Waals surface area contributed by atoms with Crippen LogP contribution in [0.25, 0.3) is 0 Å². The van der Waals surface area contributed by atoms with Crippen molar-refractivity contribution in [3.63, 3.8) is 0 Å². The van der Waals surface area contributed by atoms with Crippen LogP contribution >= 0.6 is 12.4 Å².